The van der Waals surface area contributed by atoms with Crippen LogP contribution in [0.2, 0.25) is 0 Å². The van der Waals surface area contributed by atoms with Crippen molar-refractivity contribution in [1.82, 2.24) is 20.2 Å². The number of nitrogens with one attached hydrogen (secondary N) is 2. The monoisotopic (exact) mass is 356 g/mol. The SMILES string of the molecule is Cl.O=C(NCc1ccc(-n2cnc3ccccc32)cc1)C1CCNC1. The molecule has 2 aromatic carbocycles. The van der Waals surface area contributed by atoms with Gasteiger partial charge < -0.3 is 10.6 Å². The van der Waals surface area contributed by atoms with Crippen LogP contribution in [0.3, 0.4) is 0 Å². The quantitative estimate of drug-likeness (QED) is 0.755. The predicted molar refractivity (Wildman–Crippen MR) is 101 cm³/mol. The van der Waals surface area contributed by atoms with E-state index >= 15 is 0 Å². The fraction of sp³-hybridized carbons (Fsp3) is 0.263. The first-order valence-corrected chi connectivity index (χ1v) is 8.31. The van der Waals surface area contributed by atoms with E-state index in [1.165, 1.54) is 0 Å². The maximum atomic E-state index is 12.1. The summed E-state index contributed by atoms with van der Waals surface area (Å²) < 4.78 is 2.07. The molecule has 25 heavy (non-hydrogen) atoms. The van der Waals surface area contributed by atoms with Gasteiger partial charge in [0.05, 0.1) is 17.0 Å². The van der Waals surface area contributed by atoms with Gasteiger partial charge in [-0.2, -0.15) is 0 Å². The third-order valence-corrected chi connectivity index (χ3v) is 4.57. The van der Waals surface area contributed by atoms with Crippen LogP contribution in [0.25, 0.3) is 16.7 Å². The number of nitrogens with zero attached hydrogens (tertiary/aromatic N) is 2. The van der Waals surface area contributed by atoms with E-state index in [1.54, 1.807) is 0 Å². The molecule has 4 rings (SSSR count). The zero-order chi connectivity index (χ0) is 16.4. The summed E-state index contributed by atoms with van der Waals surface area (Å²) >= 11 is 0. The van der Waals surface area contributed by atoms with E-state index < -0.39 is 0 Å². The molecule has 1 amide bonds. The Morgan fingerprint density at radius 3 is 2.76 bits per heavy atom. The van der Waals surface area contributed by atoms with Gasteiger partial charge in [0.25, 0.3) is 0 Å². The molecule has 2 heterocycles. The van der Waals surface area contributed by atoms with Gasteiger partial charge in [-0.3, -0.25) is 9.36 Å². The third-order valence-electron chi connectivity index (χ3n) is 4.57. The Morgan fingerprint density at radius 1 is 1.20 bits per heavy atom. The highest BCUT2D eigenvalue weighted by molar-refractivity contribution is 5.85. The van der Waals surface area contributed by atoms with Crippen molar-refractivity contribution in [2.45, 2.75) is 13.0 Å². The van der Waals surface area contributed by atoms with Gasteiger partial charge in [0.15, 0.2) is 0 Å². The van der Waals surface area contributed by atoms with Crippen LogP contribution in [0.15, 0.2) is 54.9 Å². The van der Waals surface area contributed by atoms with Crippen LogP contribution < -0.4 is 10.6 Å². The summed E-state index contributed by atoms with van der Waals surface area (Å²) in [6.07, 6.45) is 2.77. The number of rotatable bonds is 4. The number of hydrogen-bond acceptors (Lipinski definition) is 3. The molecule has 0 saturated carbocycles. The zero-order valence-electron chi connectivity index (χ0n) is 13.8. The number of hydrogen-bond donors (Lipinski definition) is 2. The van der Waals surface area contributed by atoms with Crippen LogP contribution in [0.5, 0.6) is 0 Å². The number of fused-ring (bicyclic) bond motifs is 1. The minimum absolute atomic E-state index is 0. The highest BCUT2D eigenvalue weighted by Gasteiger charge is 2.21. The normalized spacial score (nSPS) is 16.6. The number of aromatic nitrogens is 2. The maximum absolute atomic E-state index is 12.1. The molecule has 1 atom stereocenters. The molecule has 1 aromatic heterocycles. The van der Waals surface area contributed by atoms with E-state index in [9.17, 15) is 4.79 Å². The van der Waals surface area contributed by atoms with Crippen molar-refractivity contribution in [2.75, 3.05) is 13.1 Å². The van der Waals surface area contributed by atoms with Crippen molar-refractivity contribution in [1.29, 1.82) is 0 Å². The summed E-state index contributed by atoms with van der Waals surface area (Å²) in [7, 11) is 0. The number of para-hydroxylation sites is 2. The van der Waals surface area contributed by atoms with Crippen molar-refractivity contribution in [3.63, 3.8) is 0 Å². The Balaban J connectivity index is 0.00000182. The number of amides is 1. The first kappa shape index (κ1) is 17.5. The topological polar surface area (TPSA) is 59.0 Å². The van der Waals surface area contributed by atoms with E-state index in [4.69, 9.17) is 0 Å². The molecule has 1 aliphatic heterocycles. The lowest BCUT2D eigenvalue weighted by molar-refractivity contribution is -0.124. The second-order valence-corrected chi connectivity index (χ2v) is 6.18. The fourth-order valence-corrected chi connectivity index (χ4v) is 3.15. The lowest BCUT2D eigenvalue weighted by atomic mass is 10.1. The van der Waals surface area contributed by atoms with Crippen LogP contribution in [0.1, 0.15) is 12.0 Å². The van der Waals surface area contributed by atoms with Crippen molar-refractivity contribution >= 4 is 29.3 Å². The molecule has 0 bridgehead atoms. The third kappa shape index (κ3) is 3.67. The summed E-state index contributed by atoms with van der Waals surface area (Å²) in [5.41, 5.74) is 4.24. The van der Waals surface area contributed by atoms with Gasteiger partial charge in [-0.05, 0) is 42.8 Å². The fourth-order valence-electron chi connectivity index (χ4n) is 3.15. The number of halogens is 1. The molecule has 130 valence electrons. The van der Waals surface area contributed by atoms with Gasteiger partial charge in [0.2, 0.25) is 5.91 Å². The Bertz CT molecular complexity index is 853. The summed E-state index contributed by atoms with van der Waals surface area (Å²) in [6.45, 7) is 2.30. The van der Waals surface area contributed by atoms with Gasteiger partial charge >= 0.3 is 0 Å². The Morgan fingerprint density at radius 2 is 2.00 bits per heavy atom. The first-order valence-electron chi connectivity index (χ1n) is 8.31. The van der Waals surface area contributed by atoms with E-state index in [0.717, 1.165) is 41.8 Å². The van der Waals surface area contributed by atoms with Gasteiger partial charge in [-0.15, -0.1) is 12.4 Å². The zero-order valence-corrected chi connectivity index (χ0v) is 14.6. The summed E-state index contributed by atoms with van der Waals surface area (Å²) in [4.78, 5) is 16.5. The predicted octanol–water partition coefficient (Wildman–Crippen LogP) is 2.67. The molecule has 1 fully saturated rings. The second kappa shape index (κ2) is 7.68. The van der Waals surface area contributed by atoms with E-state index in [-0.39, 0.29) is 24.2 Å². The molecule has 0 radical (unpaired) electrons. The molecular formula is C19H21ClN4O. The largest absolute Gasteiger partial charge is 0.352 e. The molecule has 6 heteroatoms. The standard InChI is InChI=1S/C19H20N4O.ClH/c24-19(15-9-10-20-12-15)21-11-14-5-7-16(8-6-14)23-13-22-17-3-1-2-4-18(17)23;/h1-8,13,15,20H,9-12H2,(H,21,24);1H. The average Bonchev–Trinajstić information content (AvgIpc) is 3.30. The second-order valence-electron chi connectivity index (χ2n) is 6.18. The molecule has 1 saturated heterocycles. The van der Waals surface area contributed by atoms with Gasteiger partial charge in [-0.1, -0.05) is 24.3 Å². The molecule has 2 N–H and O–H groups in total. The lowest BCUT2D eigenvalue weighted by Gasteiger charge is -2.10. The highest BCUT2D eigenvalue weighted by Crippen LogP contribution is 2.18. The van der Waals surface area contributed by atoms with Crippen LogP contribution in [0, 0.1) is 5.92 Å². The van der Waals surface area contributed by atoms with Crippen molar-refractivity contribution < 1.29 is 4.79 Å². The molecule has 1 aliphatic rings. The summed E-state index contributed by atoms with van der Waals surface area (Å²) in [5.74, 6) is 0.256. The number of carbonyl (C=O) groups excluding carboxylic acids is 1. The molecule has 0 spiro atoms. The highest BCUT2D eigenvalue weighted by atomic mass is 35.5. The van der Waals surface area contributed by atoms with Crippen molar-refractivity contribution in [3.05, 3.63) is 60.4 Å². The van der Waals surface area contributed by atoms with E-state index in [1.807, 2.05) is 24.5 Å². The molecule has 0 aliphatic carbocycles. The first-order chi connectivity index (χ1) is 11.8. The van der Waals surface area contributed by atoms with Gasteiger partial charge in [0.1, 0.15) is 6.33 Å². The molecule has 5 nitrogen and oxygen atoms in total. The van der Waals surface area contributed by atoms with Gasteiger partial charge in [-0.25, -0.2) is 4.98 Å². The molecule has 1 unspecified atom stereocenters. The molecular weight excluding hydrogens is 336 g/mol. The van der Waals surface area contributed by atoms with E-state index in [2.05, 4.69) is 50.5 Å². The Labute approximate surface area is 152 Å². The van der Waals surface area contributed by atoms with Crippen molar-refractivity contribution in [3.8, 4) is 5.69 Å². The van der Waals surface area contributed by atoms with Crippen LogP contribution in [-0.4, -0.2) is 28.5 Å². The average molecular weight is 357 g/mol. The minimum Gasteiger partial charge on any atom is -0.352 e. The molecule has 3 aromatic rings. The smallest absolute Gasteiger partial charge is 0.224 e. The van der Waals surface area contributed by atoms with E-state index in [0.29, 0.717) is 6.54 Å². The van der Waals surface area contributed by atoms with Crippen LogP contribution in [-0.2, 0) is 11.3 Å². The maximum Gasteiger partial charge on any atom is 0.224 e. The number of imidazole rings is 1. The van der Waals surface area contributed by atoms with Gasteiger partial charge in [0, 0.05) is 18.8 Å². The minimum atomic E-state index is 0. The van der Waals surface area contributed by atoms with Crippen molar-refractivity contribution in [2.24, 2.45) is 5.92 Å². The van der Waals surface area contributed by atoms with Crippen LogP contribution >= 0.6 is 12.4 Å². The number of benzene rings is 2. The summed E-state index contributed by atoms with van der Waals surface area (Å²) in [6, 6.07) is 16.3. The summed E-state index contributed by atoms with van der Waals surface area (Å²) in [5, 5.41) is 6.25. The Kier molecular flexibility index (Phi) is 5.36. The Hall–Kier alpha value is -2.37. The lowest BCUT2D eigenvalue weighted by Crippen LogP contribution is -2.31. The number of carbonyl (C=O) groups is 1. The van der Waals surface area contributed by atoms with Crippen LogP contribution in [0.4, 0.5) is 0 Å².